The van der Waals surface area contributed by atoms with E-state index < -0.39 is 5.54 Å². The molecular weight excluding hydrogens is 345 g/mol. The number of rotatable bonds is 4. The smallest absolute Gasteiger partial charge is 0.235 e. The standard InChI is InChI=1S/C18H19Cl2N3O/c1-23(2)10-17(24)22-18(13-5-3-4-6-15(13)20)11-21-16-8-7-12(19)9-14(16)18/h3-9,21H,10-11H2,1-2H3,(H,22,24). The average molecular weight is 364 g/mol. The monoisotopic (exact) mass is 363 g/mol. The molecule has 0 fully saturated rings. The summed E-state index contributed by atoms with van der Waals surface area (Å²) in [5, 5.41) is 7.76. The average Bonchev–Trinajstić information content (AvgIpc) is 2.86. The number of benzene rings is 2. The molecule has 24 heavy (non-hydrogen) atoms. The van der Waals surface area contributed by atoms with Crippen molar-refractivity contribution in [2.45, 2.75) is 5.54 Å². The molecule has 0 spiro atoms. The van der Waals surface area contributed by atoms with Gasteiger partial charge in [-0.1, -0.05) is 41.4 Å². The first-order valence-electron chi connectivity index (χ1n) is 7.67. The van der Waals surface area contributed by atoms with E-state index in [-0.39, 0.29) is 5.91 Å². The van der Waals surface area contributed by atoms with Gasteiger partial charge in [0.1, 0.15) is 5.54 Å². The van der Waals surface area contributed by atoms with Gasteiger partial charge in [0.15, 0.2) is 0 Å². The summed E-state index contributed by atoms with van der Waals surface area (Å²) in [7, 11) is 3.72. The number of carbonyl (C=O) groups excluding carboxylic acids is 1. The van der Waals surface area contributed by atoms with E-state index in [2.05, 4.69) is 10.6 Å². The molecule has 0 bridgehead atoms. The Kier molecular flexibility index (Phi) is 4.72. The highest BCUT2D eigenvalue weighted by Gasteiger charge is 2.43. The molecule has 0 saturated heterocycles. The maximum atomic E-state index is 12.5. The maximum absolute atomic E-state index is 12.5. The number of hydrogen-bond donors (Lipinski definition) is 2. The Balaban J connectivity index is 2.12. The predicted octanol–water partition coefficient (Wildman–Crippen LogP) is 3.34. The lowest BCUT2D eigenvalue weighted by Gasteiger charge is -2.32. The summed E-state index contributed by atoms with van der Waals surface area (Å²) in [6, 6.07) is 13.2. The van der Waals surface area contributed by atoms with Crippen LogP contribution in [0.1, 0.15) is 11.1 Å². The van der Waals surface area contributed by atoms with Crippen LogP contribution in [0.25, 0.3) is 0 Å². The number of fused-ring (bicyclic) bond motifs is 1. The SMILES string of the molecule is CN(C)CC(=O)NC1(c2ccccc2Cl)CNc2ccc(Cl)cc21. The van der Waals surface area contributed by atoms with Crippen LogP contribution in [0.2, 0.25) is 10.0 Å². The molecule has 0 aromatic heterocycles. The third-order valence-electron chi connectivity index (χ3n) is 4.13. The summed E-state index contributed by atoms with van der Waals surface area (Å²) in [5.41, 5.74) is 1.98. The zero-order chi connectivity index (χ0) is 17.3. The molecule has 0 saturated carbocycles. The van der Waals surface area contributed by atoms with Gasteiger partial charge in [-0.2, -0.15) is 0 Å². The van der Waals surface area contributed by atoms with Crippen molar-refractivity contribution in [1.82, 2.24) is 10.2 Å². The van der Waals surface area contributed by atoms with E-state index >= 15 is 0 Å². The van der Waals surface area contributed by atoms with Gasteiger partial charge in [-0.25, -0.2) is 0 Å². The molecule has 1 amide bonds. The molecule has 1 atom stereocenters. The highest BCUT2D eigenvalue weighted by atomic mass is 35.5. The Morgan fingerprint density at radius 3 is 2.67 bits per heavy atom. The van der Waals surface area contributed by atoms with E-state index in [1.807, 2.05) is 61.5 Å². The molecule has 0 radical (unpaired) electrons. The molecule has 1 aliphatic heterocycles. The Labute approximate surface area is 151 Å². The molecular formula is C18H19Cl2N3O. The minimum Gasteiger partial charge on any atom is -0.382 e. The van der Waals surface area contributed by atoms with Gasteiger partial charge in [0.2, 0.25) is 5.91 Å². The van der Waals surface area contributed by atoms with Crippen LogP contribution in [0.3, 0.4) is 0 Å². The van der Waals surface area contributed by atoms with Crippen LogP contribution in [-0.2, 0) is 10.3 Å². The number of hydrogen-bond acceptors (Lipinski definition) is 3. The zero-order valence-corrected chi connectivity index (χ0v) is 15.1. The van der Waals surface area contributed by atoms with Crippen molar-refractivity contribution in [3.63, 3.8) is 0 Å². The molecule has 2 N–H and O–H groups in total. The normalized spacial score (nSPS) is 19.0. The minimum atomic E-state index is -0.744. The fourth-order valence-electron chi connectivity index (χ4n) is 3.14. The van der Waals surface area contributed by atoms with Crippen molar-refractivity contribution in [2.24, 2.45) is 0 Å². The number of nitrogens with one attached hydrogen (secondary N) is 2. The fourth-order valence-corrected chi connectivity index (χ4v) is 3.61. The van der Waals surface area contributed by atoms with E-state index in [1.54, 1.807) is 0 Å². The number of nitrogens with zero attached hydrogens (tertiary/aromatic N) is 1. The predicted molar refractivity (Wildman–Crippen MR) is 98.9 cm³/mol. The largest absolute Gasteiger partial charge is 0.382 e. The van der Waals surface area contributed by atoms with E-state index in [0.717, 1.165) is 16.8 Å². The van der Waals surface area contributed by atoms with Crippen molar-refractivity contribution >= 4 is 34.8 Å². The first-order valence-corrected chi connectivity index (χ1v) is 8.42. The molecule has 1 heterocycles. The van der Waals surface area contributed by atoms with Gasteiger partial charge < -0.3 is 15.5 Å². The molecule has 126 valence electrons. The quantitative estimate of drug-likeness (QED) is 0.875. The van der Waals surface area contributed by atoms with Crippen LogP contribution in [0, 0.1) is 0 Å². The molecule has 0 aliphatic carbocycles. The lowest BCUT2D eigenvalue weighted by Crippen LogP contribution is -2.50. The number of anilines is 1. The van der Waals surface area contributed by atoms with E-state index in [4.69, 9.17) is 23.2 Å². The number of carbonyl (C=O) groups is 1. The second-order valence-corrected chi connectivity index (χ2v) is 7.06. The Bertz CT molecular complexity index is 779. The number of likely N-dealkylation sites (N-methyl/N-ethyl adjacent to an activating group) is 1. The van der Waals surface area contributed by atoms with Crippen LogP contribution in [0.5, 0.6) is 0 Å². The maximum Gasteiger partial charge on any atom is 0.235 e. The van der Waals surface area contributed by atoms with E-state index in [0.29, 0.717) is 23.1 Å². The van der Waals surface area contributed by atoms with Crippen molar-refractivity contribution in [3.8, 4) is 0 Å². The van der Waals surface area contributed by atoms with Gasteiger partial charge >= 0.3 is 0 Å². The molecule has 4 nitrogen and oxygen atoms in total. The first-order chi connectivity index (χ1) is 11.4. The van der Waals surface area contributed by atoms with Crippen LogP contribution >= 0.6 is 23.2 Å². The van der Waals surface area contributed by atoms with Crippen molar-refractivity contribution in [2.75, 3.05) is 32.5 Å². The topological polar surface area (TPSA) is 44.4 Å². The Morgan fingerprint density at radius 2 is 1.96 bits per heavy atom. The molecule has 3 rings (SSSR count). The highest BCUT2D eigenvalue weighted by Crippen LogP contribution is 2.43. The van der Waals surface area contributed by atoms with Gasteiger partial charge in [0.05, 0.1) is 6.54 Å². The Morgan fingerprint density at radius 1 is 1.21 bits per heavy atom. The minimum absolute atomic E-state index is 0.0745. The summed E-state index contributed by atoms with van der Waals surface area (Å²) < 4.78 is 0. The van der Waals surface area contributed by atoms with Crippen molar-refractivity contribution < 1.29 is 4.79 Å². The van der Waals surface area contributed by atoms with E-state index in [1.165, 1.54) is 0 Å². The summed E-state index contributed by atoms with van der Waals surface area (Å²) in [6.07, 6.45) is 0. The summed E-state index contributed by atoms with van der Waals surface area (Å²) >= 11 is 12.7. The second kappa shape index (κ2) is 6.63. The second-order valence-electron chi connectivity index (χ2n) is 6.21. The van der Waals surface area contributed by atoms with Crippen LogP contribution in [-0.4, -0.2) is 38.0 Å². The van der Waals surface area contributed by atoms with Crippen LogP contribution in [0.15, 0.2) is 42.5 Å². The first kappa shape index (κ1) is 17.1. The third-order valence-corrected chi connectivity index (χ3v) is 4.70. The molecule has 1 aliphatic rings. The number of amides is 1. The van der Waals surface area contributed by atoms with Gasteiger partial charge in [-0.05, 0) is 38.4 Å². The molecule has 2 aromatic rings. The summed E-state index contributed by atoms with van der Waals surface area (Å²) in [4.78, 5) is 14.4. The lowest BCUT2D eigenvalue weighted by molar-refractivity contribution is -0.123. The fraction of sp³-hybridized carbons (Fsp3) is 0.278. The highest BCUT2D eigenvalue weighted by molar-refractivity contribution is 6.32. The third kappa shape index (κ3) is 3.09. The van der Waals surface area contributed by atoms with Crippen LogP contribution < -0.4 is 10.6 Å². The Hall–Kier alpha value is -1.75. The van der Waals surface area contributed by atoms with E-state index in [9.17, 15) is 4.79 Å². The molecule has 6 heteroatoms. The number of halogens is 2. The summed E-state index contributed by atoms with van der Waals surface area (Å²) in [5.74, 6) is -0.0745. The molecule has 2 aromatic carbocycles. The van der Waals surface area contributed by atoms with Crippen molar-refractivity contribution in [3.05, 3.63) is 63.6 Å². The molecule has 1 unspecified atom stereocenters. The van der Waals surface area contributed by atoms with Crippen molar-refractivity contribution in [1.29, 1.82) is 0 Å². The van der Waals surface area contributed by atoms with Gasteiger partial charge in [-0.3, -0.25) is 4.79 Å². The van der Waals surface area contributed by atoms with Gasteiger partial charge in [-0.15, -0.1) is 0 Å². The van der Waals surface area contributed by atoms with Gasteiger partial charge in [0.25, 0.3) is 0 Å². The summed E-state index contributed by atoms with van der Waals surface area (Å²) in [6.45, 7) is 0.813. The lowest BCUT2D eigenvalue weighted by atomic mass is 9.84. The van der Waals surface area contributed by atoms with Gasteiger partial charge in [0, 0.05) is 33.4 Å². The van der Waals surface area contributed by atoms with Crippen LogP contribution in [0.4, 0.5) is 5.69 Å². The zero-order valence-electron chi connectivity index (χ0n) is 13.6.